The summed E-state index contributed by atoms with van der Waals surface area (Å²) >= 11 is 0. The molecule has 114 valence electrons. The van der Waals surface area contributed by atoms with Crippen molar-refractivity contribution >= 4 is 0 Å². The number of benzene rings is 1. The molecule has 0 saturated heterocycles. The maximum atomic E-state index is 12.7. The van der Waals surface area contributed by atoms with Gasteiger partial charge in [-0.05, 0) is 24.6 Å². The molecule has 1 atom stereocenters. The second-order valence-electron chi connectivity index (χ2n) is 4.52. The zero-order valence-electron chi connectivity index (χ0n) is 11.8. The molecular formula is C14H17F2N3O2. The molecule has 2 rings (SSSR count). The molecule has 1 aromatic heterocycles. The summed E-state index contributed by atoms with van der Waals surface area (Å²) in [5.74, 6) is 1.09. The van der Waals surface area contributed by atoms with Gasteiger partial charge in [-0.1, -0.05) is 6.07 Å². The van der Waals surface area contributed by atoms with E-state index in [-0.39, 0.29) is 18.5 Å². The fourth-order valence-corrected chi connectivity index (χ4v) is 1.86. The smallest absolute Gasteiger partial charge is 0.320 e. The number of nitrogens with zero attached hydrogens (tertiary/aromatic N) is 2. The van der Waals surface area contributed by atoms with E-state index in [9.17, 15) is 8.78 Å². The summed E-state index contributed by atoms with van der Waals surface area (Å²) in [6.07, 6.45) is 2.51. The lowest BCUT2D eigenvalue weighted by Gasteiger charge is -2.14. The van der Waals surface area contributed by atoms with Crippen molar-refractivity contribution in [2.24, 2.45) is 5.73 Å². The fourth-order valence-electron chi connectivity index (χ4n) is 1.86. The van der Waals surface area contributed by atoms with Crippen LogP contribution >= 0.6 is 0 Å². The third-order valence-electron chi connectivity index (χ3n) is 3.03. The fraction of sp³-hybridized carbons (Fsp3) is 0.357. The largest absolute Gasteiger partial charge is 0.493 e. The quantitative estimate of drug-likeness (QED) is 0.890. The highest BCUT2D eigenvalue weighted by Crippen LogP contribution is 2.30. The summed E-state index contributed by atoms with van der Waals surface area (Å²) in [5, 5.41) is 0. The van der Waals surface area contributed by atoms with Gasteiger partial charge < -0.3 is 15.2 Å². The lowest BCUT2D eigenvalue weighted by Crippen LogP contribution is -2.08. The molecule has 2 N–H and O–H groups in total. The van der Waals surface area contributed by atoms with Crippen molar-refractivity contribution in [2.75, 3.05) is 7.11 Å². The van der Waals surface area contributed by atoms with Crippen LogP contribution in [0.2, 0.25) is 0 Å². The maximum absolute atomic E-state index is 12.7. The Labute approximate surface area is 121 Å². The van der Waals surface area contributed by atoms with Crippen LogP contribution in [0.25, 0.3) is 0 Å². The van der Waals surface area contributed by atoms with E-state index in [1.165, 1.54) is 19.5 Å². The Morgan fingerprint density at radius 3 is 2.71 bits per heavy atom. The Bertz CT molecular complexity index is 600. The van der Waals surface area contributed by atoms with Crippen LogP contribution in [0.5, 0.6) is 11.5 Å². The number of ether oxygens (including phenoxy) is 2. The molecule has 0 fully saturated rings. The molecule has 7 heteroatoms. The van der Waals surface area contributed by atoms with Gasteiger partial charge in [-0.2, -0.15) is 8.78 Å². The molecule has 5 nitrogen and oxygen atoms in total. The van der Waals surface area contributed by atoms with E-state index in [1.54, 1.807) is 12.1 Å². The number of alkyl halides is 2. The molecule has 0 unspecified atom stereocenters. The Morgan fingerprint density at radius 2 is 2.10 bits per heavy atom. The summed E-state index contributed by atoms with van der Waals surface area (Å²) in [6, 6.07) is 5.14. The first-order chi connectivity index (χ1) is 10.0. The van der Waals surface area contributed by atoms with E-state index in [0.717, 1.165) is 10.1 Å². The third-order valence-corrected chi connectivity index (χ3v) is 3.03. The minimum absolute atomic E-state index is 0.0781. The van der Waals surface area contributed by atoms with Crippen molar-refractivity contribution in [3.8, 4) is 11.5 Å². The van der Waals surface area contributed by atoms with Crippen LogP contribution in [0.1, 0.15) is 30.9 Å². The topological polar surface area (TPSA) is 62.3 Å². The van der Waals surface area contributed by atoms with Gasteiger partial charge in [-0.15, -0.1) is 0 Å². The van der Waals surface area contributed by atoms with E-state index in [0.29, 0.717) is 11.5 Å². The number of rotatable bonds is 6. The number of nitrogens with two attached hydrogens (primary N) is 1. The van der Waals surface area contributed by atoms with Crippen molar-refractivity contribution in [1.29, 1.82) is 0 Å². The van der Waals surface area contributed by atoms with Gasteiger partial charge in [0.25, 0.3) is 0 Å². The maximum Gasteiger partial charge on any atom is 0.320 e. The number of imidazole rings is 1. The minimum atomic E-state index is -2.64. The van der Waals surface area contributed by atoms with Crippen LogP contribution in [0, 0.1) is 0 Å². The zero-order chi connectivity index (χ0) is 15.4. The molecule has 0 amide bonds. The number of aromatic nitrogens is 2. The molecular weight excluding hydrogens is 280 g/mol. The summed E-state index contributed by atoms with van der Waals surface area (Å²) in [6.45, 7) is -0.867. The van der Waals surface area contributed by atoms with Crippen LogP contribution in [-0.4, -0.2) is 16.7 Å². The second-order valence-corrected chi connectivity index (χ2v) is 4.52. The Kier molecular flexibility index (Phi) is 4.74. The summed E-state index contributed by atoms with van der Waals surface area (Å²) in [4.78, 5) is 3.85. The second kappa shape index (κ2) is 6.53. The first kappa shape index (κ1) is 15.2. The molecule has 0 bridgehead atoms. The monoisotopic (exact) mass is 297 g/mol. The molecule has 0 radical (unpaired) electrons. The van der Waals surface area contributed by atoms with Crippen molar-refractivity contribution < 1.29 is 18.3 Å². The van der Waals surface area contributed by atoms with Crippen molar-refractivity contribution in [3.05, 3.63) is 42.0 Å². The molecule has 0 aliphatic rings. The molecule has 0 spiro atoms. The van der Waals surface area contributed by atoms with Gasteiger partial charge >= 0.3 is 6.55 Å². The van der Waals surface area contributed by atoms with Crippen molar-refractivity contribution in [2.45, 2.75) is 26.1 Å². The molecule has 0 saturated carbocycles. The Hall–Kier alpha value is -2.15. The highest BCUT2D eigenvalue weighted by molar-refractivity contribution is 5.43. The highest BCUT2D eigenvalue weighted by atomic mass is 19.3. The summed E-state index contributed by atoms with van der Waals surface area (Å²) in [7, 11) is 1.51. The van der Waals surface area contributed by atoms with Gasteiger partial charge in [0.1, 0.15) is 6.61 Å². The Balaban J connectivity index is 2.14. The van der Waals surface area contributed by atoms with Crippen LogP contribution in [0.3, 0.4) is 0 Å². The SMILES string of the molecule is COc1cc([C@H](C)N)ccc1OCc1nccn1C(F)F. The van der Waals surface area contributed by atoms with E-state index in [1.807, 2.05) is 13.0 Å². The van der Waals surface area contributed by atoms with Crippen LogP contribution in [-0.2, 0) is 6.61 Å². The van der Waals surface area contributed by atoms with Gasteiger partial charge in [0.15, 0.2) is 17.3 Å². The van der Waals surface area contributed by atoms with Gasteiger partial charge in [0.05, 0.1) is 7.11 Å². The predicted molar refractivity (Wildman–Crippen MR) is 73.4 cm³/mol. The van der Waals surface area contributed by atoms with Gasteiger partial charge in [-0.3, -0.25) is 4.57 Å². The predicted octanol–water partition coefficient (Wildman–Crippen LogP) is 2.89. The number of halogens is 2. The normalized spacial score (nSPS) is 12.5. The third kappa shape index (κ3) is 3.49. The molecule has 21 heavy (non-hydrogen) atoms. The average molecular weight is 297 g/mol. The molecule has 1 heterocycles. The van der Waals surface area contributed by atoms with E-state index in [4.69, 9.17) is 15.2 Å². The first-order valence-electron chi connectivity index (χ1n) is 6.39. The Morgan fingerprint density at radius 1 is 1.33 bits per heavy atom. The summed E-state index contributed by atoms with van der Waals surface area (Å²) in [5.41, 5.74) is 6.70. The minimum Gasteiger partial charge on any atom is -0.493 e. The molecule has 0 aliphatic carbocycles. The van der Waals surface area contributed by atoms with E-state index in [2.05, 4.69) is 4.98 Å². The van der Waals surface area contributed by atoms with Crippen molar-refractivity contribution in [3.63, 3.8) is 0 Å². The first-order valence-corrected chi connectivity index (χ1v) is 6.39. The molecule has 1 aromatic carbocycles. The van der Waals surface area contributed by atoms with Crippen LogP contribution in [0.15, 0.2) is 30.6 Å². The van der Waals surface area contributed by atoms with E-state index < -0.39 is 6.55 Å². The van der Waals surface area contributed by atoms with Crippen molar-refractivity contribution in [1.82, 2.24) is 9.55 Å². The van der Waals surface area contributed by atoms with Crippen LogP contribution in [0.4, 0.5) is 8.78 Å². The van der Waals surface area contributed by atoms with E-state index >= 15 is 0 Å². The standard InChI is InChI=1S/C14H17F2N3O2/c1-9(17)10-3-4-11(12(7-10)20-2)21-8-13-18-5-6-19(13)14(15)16/h3-7,9,14H,8,17H2,1-2H3/t9-/m0/s1. The lowest BCUT2D eigenvalue weighted by molar-refractivity contribution is 0.0631. The number of hydrogen-bond acceptors (Lipinski definition) is 4. The number of hydrogen-bond donors (Lipinski definition) is 1. The number of methoxy groups -OCH3 is 1. The molecule has 0 aliphatic heterocycles. The highest BCUT2D eigenvalue weighted by Gasteiger charge is 2.13. The van der Waals surface area contributed by atoms with Gasteiger partial charge in [-0.25, -0.2) is 4.98 Å². The summed E-state index contributed by atoms with van der Waals surface area (Å²) < 4.78 is 36.9. The lowest BCUT2D eigenvalue weighted by atomic mass is 10.1. The molecule has 2 aromatic rings. The van der Waals surface area contributed by atoms with Gasteiger partial charge in [0, 0.05) is 18.4 Å². The average Bonchev–Trinajstić information content (AvgIpc) is 2.93. The van der Waals surface area contributed by atoms with Gasteiger partial charge in [0.2, 0.25) is 0 Å². The van der Waals surface area contributed by atoms with Crippen LogP contribution < -0.4 is 15.2 Å². The zero-order valence-corrected chi connectivity index (χ0v) is 11.8.